The molecule has 372 valence electrons. The molecule has 0 spiro atoms. The smallest absolute Gasteiger partial charge is 0.262 e. The molecule has 0 radical (unpaired) electrons. The molecule has 1 aromatic carbocycles. The first-order valence-electron chi connectivity index (χ1n) is 24.5. The molecule has 2 saturated heterocycles. The van der Waals surface area contributed by atoms with Gasteiger partial charge in [-0.3, -0.25) is 24.6 Å². The van der Waals surface area contributed by atoms with Crippen molar-refractivity contribution in [1.82, 2.24) is 40.2 Å². The minimum atomic E-state index is -0.897. The third-order valence-corrected chi connectivity index (χ3v) is 13.4. The molecule has 15 nitrogen and oxygen atoms in total. The predicted octanol–water partition coefficient (Wildman–Crippen LogP) is 8.04. The van der Waals surface area contributed by atoms with Crippen LogP contribution in [-0.4, -0.2) is 125 Å². The Bertz CT molecular complexity index is 2410. The fraction of sp³-hybridized carbons (Fsp3) is 0.528. The molecule has 1 saturated carbocycles. The first kappa shape index (κ1) is 53.0. The van der Waals surface area contributed by atoms with E-state index in [-0.39, 0.29) is 29.9 Å². The molecule has 3 atom stereocenters. The number of aliphatic hydroxyl groups excluding tert-OH is 1. The van der Waals surface area contributed by atoms with Crippen LogP contribution in [0.15, 0.2) is 66.4 Å². The Morgan fingerprint density at radius 1 is 1.01 bits per heavy atom. The van der Waals surface area contributed by atoms with Crippen molar-refractivity contribution < 1.29 is 28.9 Å². The van der Waals surface area contributed by atoms with Crippen molar-refractivity contribution in [3.05, 3.63) is 82.7 Å². The van der Waals surface area contributed by atoms with E-state index in [0.717, 1.165) is 104 Å². The second-order valence-corrected chi connectivity index (χ2v) is 19.4. The van der Waals surface area contributed by atoms with Crippen molar-refractivity contribution in [2.75, 3.05) is 71.5 Å². The second kappa shape index (κ2) is 26.0. The Kier molecular flexibility index (Phi) is 19.9. The van der Waals surface area contributed by atoms with Crippen molar-refractivity contribution in [1.29, 1.82) is 0 Å². The number of nitrogens with one attached hydrogen (secondary N) is 2. The van der Waals surface area contributed by atoms with Gasteiger partial charge in [-0.15, -0.1) is 11.3 Å². The monoisotopic (exact) mass is 964 g/mol. The molecule has 3 fully saturated rings. The lowest BCUT2D eigenvalue weighted by Gasteiger charge is -2.34. The van der Waals surface area contributed by atoms with Crippen LogP contribution < -0.4 is 15.6 Å². The summed E-state index contributed by atoms with van der Waals surface area (Å²) in [5.41, 5.74) is 11.7. The van der Waals surface area contributed by atoms with Crippen LogP contribution in [0.3, 0.4) is 0 Å². The number of rotatable bonds is 18. The van der Waals surface area contributed by atoms with Gasteiger partial charge in [-0.25, -0.2) is 10.4 Å². The molecule has 69 heavy (non-hydrogen) atoms. The number of thiazole rings is 1. The standard InChI is InChI=1S/C46H66N8O5S.C5H5N.C2H2O/c1-9-58-43(41(50-44(55)32-12-13-32)46(56)54-17-11-10-16-48-54)45-49-38(28-60-45)33-14-15-39-35(25-33)36(24-29(2)3)42(53(39)22-23-59-30(4)5)37-26-34(27-47-40(37)31(6)57-8)52-20-18-51(7)19-21-52;1-2-4-6-5-3-1;1-2-3/h14-15,25-32,41,43,48H,9-13,16-24H2,1-8H3,(H,50,55);1-5H;1,3H. The van der Waals surface area contributed by atoms with Crippen molar-refractivity contribution in [3.8, 4) is 35.0 Å². The number of anilines is 1. The van der Waals surface area contributed by atoms with Crippen molar-refractivity contribution >= 4 is 39.7 Å². The topological polar surface area (TPSA) is 159 Å². The zero-order valence-electron chi connectivity index (χ0n) is 41.8. The molecule has 3 aliphatic rings. The number of benzene rings is 1. The van der Waals surface area contributed by atoms with Gasteiger partial charge in [-0.2, -0.15) is 0 Å². The fourth-order valence-electron chi connectivity index (χ4n) is 8.73. The van der Waals surface area contributed by atoms with Gasteiger partial charge in [0.15, 0.2) is 0 Å². The van der Waals surface area contributed by atoms with Gasteiger partial charge in [0.05, 0.1) is 47.8 Å². The van der Waals surface area contributed by atoms with Crippen molar-refractivity contribution in [3.63, 3.8) is 0 Å². The highest BCUT2D eigenvalue weighted by atomic mass is 32.1. The molecular formula is C53H73N9O6S. The number of piperazine rings is 1. The predicted molar refractivity (Wildman–Crippen MR) is 274 cm³/mol. The van der Waals surface area contributed by atoms with Crippen LogP contribution in [0, 0.1) is 24.4 Å². The van der Waals surface area contributed by atoms with Crippen LogP contribution in [-0.2, 0) is 36.8 Å². The molecule has 3 N–H and O–H groups in total. The summed E-state index contributed by atoms with van der Waals surface area (Å²) in [5, 5.41) is 15.7. The van der Waals surface area contributed by atoms with Gasteiger partial charge in [-0.05, 0) is 109 Å². The van der Waals surface area contributed by atoms with Gasteiger partial charge in [0.25, 0.3) is 5.91 Å². The van der Waals surface area contributed by atoms with Gasteiger partial charge in [-0.1, -0.05) is 32.4 Å². The average Bonchev–Trinajstić information content (AvgIpc) is 4.03. The summed E-state index contributed by atoms with van der Waals surface area (Å²) in [6.45, 7) is 19.5. The number of carbonyl (C=O) groups excluding carboxylic acids is 2. The number of likely N-dealkylation sites (N-methyl/N-ethyl adjacent to an activating group) is 1. The number of amides is 2. The van der Waals surface area contributed by atoms with Crippen LogP contribution >= 0.6 is 11.3 Å². The number of ether oxygens (including phenoxy) is 3. The molecule has 2 amide bonds. The van der Waals surface area contributed by atoms with E-state index in [2.05, 4.69) is 102 Å². The lowest BCUT2D eigenvalue weighted by atomic mass is 9.94. The second-order valence-electron chi connectivity index (χ2n) is 18.5. The van der Waals surface area contributed by atoms with Crippen LogP contribution in [0.2, 0.25) is 0 Å². The summed E-state index contributed by atoms with van der Waals surface area (Å²) < 4.78 is 20.9. The Balaban J connectivity index is 0.000000789. The SMILES string of the molecule is C#CO.CCOC(c1nc(-c2ccc3c(c2)c(CC(C)C)c(-c2cc(N4CCN(C)CC4)cnc2C(C)OC)n3CCOC(C)C)cs1)C(NC(=O)C1CC1)C(=O)N1CCCCN1.c1ccncc1. The average molecular weight is 964 g/mol. The Morgan fingerprint density at radius 3 is 2.35 bits per heavy atom. The van der Waals surface area contributed by atoms with Gasteiger partial charge < -0.3 is 39.0 Å². The van der Waals surface area contributed by atoms with Gasteiger partial charge >= 0.3 is 0 Å². The number of fused-ring (bicyclic) bond motifs is 1. The minimum absolute atomic E-state index is 0.0523. The number of carbonyl (C=O) groups is 2. The molecule has 2 aliphatic heterocycles. The van der Waals surface area contributed by atoms with Crippen molar-refractivity contribution in [2.24, 2.45) is 11.8 Å². The highest BCUT2D eigenvalue weighted by Gasteiger charge is 2.40. The molecule has 4 aromatic heterocycles. The molecule has 1 aliphatic carbocycles. The number of aliphatic hydroxyl groups is 1. The molecule has 6 heterocycles. The zero-order chi connectivity index (χ0) is 49.5. The summed E-state index contributed by atoms with van der Waals surface area (Å²) in [7, 11) is 3.93. The third-order valence-electron chi connectivity index (χ3n) is 12.5. The maximum Gasteiger partial charge on any atom is 0.262 e. The Labute approximate surface area is 412 Å². The van der Waals surface area contributed by atoms with Crippen LogP contribution in [0.25, 0.3) is 33.4 Å². The van der Waals surface area contributed by atoms with Gasteiger partial charge in [0.1, 0.15) is 23.3 Å². The number of methoxy groups -OCH3 is 1. The van der Waals surface area contributed by atoms with E-state index >= 15 is 0 Å². The summed E-state index contributed by atoms with van der Waals surface area (Å²) in [5.74, 6) is 0.0372. The number of hydrazine groups is 1. The van der Waals surface area contributed by atoms with Gasteiger partial charge in [0, 0.05) is 105 Å². The lowest BCUT2D eigenvalue weighted by molar-refractivity contribution is -0.145. The largest absolute Gasteiger partial charge is 0.462 e. The summed E-state index contributed by atoms with van der Waals surface area (Å²) in [4.78, 5) is 46.2. The highest BCUT2D eigenvalue weighted by molar-refractivity contribution is 7.10. The van der Waals surface area contributed by atoms with E-state index in [9.17, 15) is 9.59 Å². The maximum absolute atomic E-state index is 14.1. The van der Waals surface area contributed by atoms with E-state index in [1.807, 2.05) is 36.7 Å². The van der Waals surface area contributed by atoms with Crippen LogP contribution in [0.1, 0.15) is 95.7 Å². The number of pyridine rings is 2. The quantitative estimate of drug-likeness (QED) is 0.0727. The lowest BCUT2D eigenvalue weighted by Crippen LogP contribution is -2.57. The normalized spacial score (nSPS) is 16.5. The number of nitrogens with zero attached hydrogens (tertiary/aromatic N) is 7. The molecule has 0 bridgehead atoms. The van der Waals surface area contributed by atoms with E-state index in [1.165, 1.54) is 28.4 Å². The first-order chi connectivity index (χ1) is 33.4. The molecule has 5 aromatic rings. The van der Waals surface area contributed by atoms with Crippen LogP contribution in [0.4, 0.5) is 5.69 Å². The number of hydrogen-bond donors (Lipinski definition) is 3. The third kappa shape index (κ3) is 14.1. The van der Waals surface area contributed by atoms with E-state index in [0.29, 0.717) is 37.2 Å². The molecular weight excluding hydrogens is 891 g/mol. The maximum atomic E-state index is 14.1. The fourth-order valence-corrected chi connectivity index (χ4v) is 9.64. The number of hydrogen-bond acceptors (Lipinski definition) is 13. The number of terminal acetylenes is 1. The Morgan fingerprint density at radius 2 is 1.75 bits per heavy atom. The van der Waals surface area contributed by atoms with Gasteiger partial charge in [0.2, 0.25) is 5.91 Å². The van der Waals surface area contributed by atoms with E-state index in [1.54, 1.807) is 24.5 Å². The first-order valence-corrected chi connectivity index (χ1v) is 25.4. The summed E-state index contributed by atoms with van der Waals surface area (Å²) >= 11 is 1.47. The minimum Gasteiger partial charge on any atom is -0.462 e. The highest BCUT2D eigenvalue weighted by Crippen LogP contribution is 2.42. The van der Waals surface area contributed by atoms with Crippen LogP contribution in [0.5, 0.6) is 0 Å². The zero-order valence-corrected chi connectivity index (χ0v) is 42.6. The van der Waals surface area contributed by atoms with Crippen molar-refractivity contribution in [2.45, 2.75) is 105 Å². The number of aromatic nitrogens is 4. The summed E-state index contributed by atoms with van der Waals surface area (Å²) in [6, 6.07) is 13.8. The summed E-state index contributed by atoms with van der Waals surface area (Å²) in [6.07, 6.45) is 14.5. The molecule has 8 rings (SSSR count). The molecule has 16 heteroatoms. The van der Waals surface area contributed by atoms with E-state index < -0.39 is 12.1 Å². The Hall–Kier alpha value is -5.41. The molecule has 3 unspecified atom stereocenters. The van der Waals surface area contributed by atoms with E-state index in [4.69, 9.17) is 29.3 Å².